The van der Waals surface area contributed by atoms with Crippen molar-refractivity contribution in [3.63, 3.8) is 0 Å². The lowest BCUT2D eigenvalue weighted by atomic mass is 9.88. The Labute approximate surface area is 270 Å². The summed E-state index contributed by atoms with van der Waals surface area (Å²) in [7, 11) is 0. The van der Waals surface area contributed by atoms with Gasteiger partial charge in [0.15, 0.2) is 12.1 Å². The lowest BCUT2D eigenvalue weighted by Gasteiger charge is -2.52. The number of hydrogen-bond acceptors (Lipinski definition) is 9. The Kier molecular flexibility index (Phi) is 8.63. The summed E-state index contributed by atoms with van der Waals surface area (Å²) in [5.41, 5.74) is 2.36. The fourth-order valence-corrected chi connectivity index (χ4v) is 6.93. The van der Waals surface area contributed by atoms with Crippen LogP contribution < -0.4 is 10.6 Å². The molecule has 12 heteroatoms. The van der Waals surface area contributed by atoms with Gasteiger partial charge in [-0.1, -0.05) is 60.7 Å². The maximum absolute atomic E-state index is 14.5. The van der Waals surface area contributed by atoms with Crippen LogP contribution in [-0.4, -0.2) is 68.3 Å². The topological polar surface area (TPSA) is 140 Å². The summed E-state index contributed by atoms with van der Waals surface area (Å²) < 4.78 is 11.7. The maximum Gasteiger partial charge on any atom is 0.408 e. The number of benzene rings is 2. The van der Waals surface area contributed by atoms with Crippen molar-refractivity contribution < 1.29 is 28.7 Å². The van der Waals surface area contributed by atoms with E-state index in [0.717, 1.165) is 11.1 Å². The number of carbonyl (C=O) groups is 4. The number of amides is 3. The number of aromatic nitrogens is 2. The molecule has 0 radical (unpaired) electrons. The zero-order valence-corrected chi connectivity index (χ0v) is 26.3. The number of nitrogens with zero attached hydrogens (tertiary/aromatic N) is 3. The Balaban J connectivity index is 1.42. The monoisotopic (exact) mass is 639 g/mol. The van der Waals surface area contributed by atoms with Gasteiger partial charge in [-0.05, 0) is 43.7 Å². The molecule has 6 rings (SSSR count). The largest absolute Gasteiger partial charge is 0.451 e. The highest BCUT2D eigenvalue weighted by atomic mass is 32.2. The van der Waals surface area contributed by atoms with Crippen LogP contribution in [0.4, 0.5) is 4.79 Å². The number of ether oxygens (including phenoxy) is 2. The molecule has 3 amide bonds. The molecule has 3 aliphatic rings. The molecule has 0 saturated carbocycles. The Hall–Kier alpha value is -4.97. The lowest BCUT2D eigenvalue weighted by molar-refractivity contribution is -0.164. The molecule has 11 nitrogen and oxygen atoms in total. The first-order chi connectivity index (χ1) is 22.1. The van der Waals surface area contributed by atoms with Crippen LogP contribution in [0.2, 0.25) is 0 Å². The van der Waals surface area contributed by atoms with E-state index in [1.165, 1.54) is 35.3 Å². The van der Waals surface area contributed by atoms with E-state index in [-0.39, 0.29) is 5.91 Å². The highest BCUT2D eigenvalue weighted by Crippen LogP contribution is 2.46. The van der Waals surface area contributed by atoms with E-state index >= 15 is 0 Å². The van der Waals surface area contributed by atoms with Gasteiger partial charge in [0.1, 0.15) is 17.0 Å². The predicted octanol–water partition coefficient (Wildman–Crippen LogP) is 4.14. The van der Waals surface area contributed by atoms with Gasteiger partial charge in [-0.15, -0.1) is 11.8 Å². The first-order valence-electron chi connectivity index (χ1n) is 14.9. The molecule has 1 aromatic heterocycles. The number of β-lactam (4-membered cyclic amide) rings is 1. The van der Waals surface area contributed by atoms with E-state index in [1.54, 1.807) is 26.2 Å². The van der Waals surface area contributed by atoms with E-state index in [1.807, 2.05) is 60.7 Å². The van der Waals surface area contributed by atoms with Crippen LogP contribution in [0.25, 0.3) is 5.57 Å². The average Bonchev–Trinajstić information content (AvgIpc) is 3.47. The van der Waals surface area contributed by atoms with Crippen LogP contribution in [-0.2, 0) is 23.9 Å². The van der Waals surface area contributed by atoms with E-state index < -0.39 is 47.1 Å². The molecule has 3 atom stereocenters. The summed E-state index contributed by atoms with van der Waals surface area (Å²) in [5.74, 6) is -1.46. The van der Waals surface area contributed by atoms with E-state index in [2.05, 4.69) is 20.6 Å². The lowest BCUT2D eigenvalue weighted by Crippen LogP contribution is -2.74. The third-order valence-corrected chi connectivity index (χ3v) is 8.83. The van der Waals surface area contributed by atoms with Crippen molar-refractivity contribution in [3.05, 3.63) is 113 Å². The maximum atomic E-state index is 14.5. The van der Waals surface area contributed by atoms with Crippen molar-refractivity contribution in [2.75, 3.05) is 6.54 Å². The van der Waals surface area contributed by atoms with Crippen molar-refractivity contribution in [1.82, 2.24) is 25.5 Å². The third kappa shape index (κ3) is 6.25. The predicted molar refractivity (Wildman–Crippen MR) is 171 cm³/mol. The Morgan fingerprint density at radius 3 is 2.26 bits per heavy atom. The quantitative estimate of drug-likeness (QED) is 0.222. The van der Waals surface area contributed by atoms with Gasteiger partial charge in [-0.3, -0.25) is 19.6 Å². The van der Waals surface area contributed by atoms with Crippen molar-refractivity contribution >= 4 is 41.2 Å². The summed E-state index contributed by atoms with van der Waals surface area (Å²) in [6.45, 7) is 5.61. The third-order valence-electron chi connectivity index (χ3n) is 7.67. The van der Waals surface area contributed by atoms with Gasteiger partial charge in [-0.2, -0.15) is 0 Å². The van der Waals surface area contributed by atoms with Crippen molar-refractivity contribution in [2.45, 2.75) is 56.4 Å². The number of thioether (sulfide) groups is 1. The van der Waals surface area contributed by atoms with Gasteiger partial charge in [-0.25, -0.2) is 9.59 Å². The summed E-state index contributed by atoms with van der Waals surface area (Å²) in [6.07, 6.45) is 3.42. The summed E-state index contributed by atoms with van der Waals surface area (Å²) >= 11 is 1.26. The Morgan fingerprint density at radius 1 is 1.02 bits per heavy atom. The minimum absolute atomic E-state index is 0.286. The van der Waals surface area contributed by atoms with Crippen molar-refractivity contribution in [1.29, 1.82) is 0 Å². The fourth-order valence-electron chi connectivity index (χ4n) is 5.70. The second-order valence-corrected chi connectivity index (χ2v) is 13.0. The molecule has 2 N–H and O–H groups in total. The van der Waals surface area contributed by atoms with Crippen LogP contribution in [0.1, 0.15) is 50.1 Å². The second kappa shape index (κ2) is 12.8. The number of nitrogens with one attached hydrogen (secondary N) is 2. The molecule has 3 aliphatic heterocycles. The molecular weight excluding hydrogens is 606 g/mol. The zero-order valence-electron chi connectivity index (χ0n) is 25.5. The number of carbonyl (C=O) groups excluding carboxylic acids is 4. The normalized spacial score (nSPS) is 21.9. The molecule has 0 spiro atoms. The van der Waals surface area contributed by atoms with Gasteiger partial charge < -0.3 is 25.0 Å². The number of fused-ring (bicyclic) bond motifs is 1. The van der Waals surface area contributed by atoms with Gasteiger partial charge in [0.05, 0.1) is 11.9 Å². The number of esters is 1. The van der Waals surface area contributed by atoms with Crippen LogP contribution in [0.5, 0.6) is 0 Å². The molecule has 236 valence electrons. The Bertz CT molecular complexity index is 1670. The minimum Gasteiger partial charge on any atom is -0.451 e. The van der Waals surface area contributed by atoms with Gasteiger partial charge in [0.2, 0.25) is 11.8 Å². The summed E-state index contributed by atoms with van der Waals surface area (Å²) in [5, 5.41) is 6.62. The van der Waals surface area contributed by atoms with Gasteiger partial charge in [0, 0.05) is 35.7 Å². The van der Waals surface area contributed by atoms with Crippen molar-refractivity contribution in [3.8, 4) is 0 Å². The van der Waals surface area contributed by atoms with Crippen LogP contribution in [0, 0.1) is 0 Å². The smallest absolute Gasteiger partial charge is 0.408 e. The number of rotatable bonds is 7. The van der Waals surface area contributed by atoms with E-state index in [4.69, 9.17) is 9.47 Å². The molecule has 0 bridgehead atoms. The van der Waals surface area contributed by atoms with E-state index in [0.29, 0.717) is 35.4 Å². The highest BCUT2D eigenvalue weighted by Gasteiger charge is 2.57. The highest BCUT2D eigenvalue weighted by molar-refractivity contribution is 8.03. The van der Waals surface area contributed by atoms with Crippen LogP contribution in [0.3, 0.4) is 0 Å². The molecule has 2 aromatic carbocycles. The summed E-state index contributed by atoms with van der Waals surface area (Å²) in [6, 6.07) is 16.5. The minimum atomic E-state index is -1.25. The molecule has 4 heterocycles. The first-order valence-corrected chi connectivity index (χ1v) is 15.8. The Morgan fingerprint density at radius 2 is 1.70 bits per heavy atom. The molecular formula is C34H33N5O6S. The molecule has 3 aromatic rings. The fraction of sp³-hybridized carbons (Fsp3) is 0.294. The molecule has 0 aliphatic carbocycles. The van der Waals surface area contributed by atoms with E-state index in [9.17, 15) is 19.2 Å². The average molecular weight is 640 g/mol. The van der Waals surface area contributed by atoms with Crippen LogP contribution >= 0.6 is 11.8 Å². The molecule has 46 heavy (non-hydrogen) atoms. The second-order valence-electron chi connectivity index (χ2n) is 12.0. The number of hydrogen-bond donors (Lipinski definition) is 2. The van der Waals surface area contributed by atoms with Crippen LogP contribution in [0.15, 0.2) is 95.8 Å². The standard InChI is InChI=1S/C34H33N5O6S/c1-34(2,3)45-33(43)38-26-30(41)39-27(32(42)44-28(20-10-6-4-7-11-20)21-12-8-5-9-13-21)23(19-46-31(26)39)25(22-14-15-37-29(22)40)24-18-35-16-17-36-24/h4-13,16-19,26-28,31H,14-15H2,1-3H3,(H,37,40)(H,38,43)/t26-,27-,31-/m1/s1. The van der Waals surface area contributed by atoms with Crippen molar-refractivity contribution in [2.24, 2.45) is 0 Å². The SMILES string of the molecule is CC(C)(C)OC(=O)N[C@@H]1C(=O)N2[C@@H](C(=O)OC(c3ccccc3)c3ccccc3)C(C(=C3CCNC3=O)c3cnccn3)=CS[C@H]12. The molecule has 2 fully saturated rings. The summed E-state index contributed by atoms with van der Waals surface area (Å²) in [4.78, 5) is 64.1. The van der Waals surface area contributed by atoms with Gasteiger partial charge >= 0.3 is 12.1 Å². The number of alkyl carbamates (subject to hydrolysis) is 1. The van der Waals surface area contributed by atoms with Gasteiger partial charge in [0.25, 0.3) is 0 Å². The molecule has 2 saturated heterocycles. The molecule has 0 unspecified atom stereocenters. The first kappa shape index (κ1) is 31.0. The zero-order chi connectivity index (χ0) is 32.4.